The standard InChI is InChI=1S/C9H14O2S/c1-7-8(4-6-12-7)9(10)3-5-11-2/h4,6,9-10H,3,5H2,1-2H3. The predicted molar refractivity (Wildman–Crippen MR) is 50.5 cm³/mol. The number of aliphatic hydroxyl groups is 1. The van der Waals surface area contributed by atoms with Crippen LogP contribution in [-0.4, -0.2) is 18.8 Å². The predicted octanol–water partition coefficient (Wildman–Crippen LogP) is 2.13. The molecule has 0 aliphatic heterocycles. The highest BCUT2D eigenvalue weighted by atomic mass is 32.1. The lowest BCUT2D eigenvalue weighted by Crippen LogP contribution is -2.01. The zero-order chi connectivity index (χ0) is 8.97. The average Bonchev–Trinajstić information content (AvgIpc) is 2.47. The van der Waals surface area contributed by atoms with Crippen molar-refractivity contribution in [2.24, 2.45) is 0 Å². The maximum absolute atomic E-state index is 9.65. The largest absolute Gasteiger partial charge is 0.388 e. The molecular formula is C9H14O2S. The Kier molecular flexibility index (Phi) is 3.72. The number of methoxy groups -OCH3 is 1. The molecule has 0 aliphatic carbocycles. The van der Waals surface area contributed by atoms with E-state index in [1.165, 1.54) is 4.88 Å². The van der Waals surface area contributed by atoms with Gasteiger partial charge in [-0.15, -0.1) is 11.3 Å². The molecule has 12 heavy (non-hydrogen) atoms. The van der Waals surface area contributed by atoms with Crippen LogP contribution in [0.25, 0.3) is 0 Å². The normalized spacial score (nSPS) is 13.2. The van der Waals surface area contributed by atoms with Crippen molar-refractivity contribution in [3.63, 3.8) is 0 Å². The molecule has 1 aromatic rings. The van der Waals surface area contributed by atoms with Gasteiger partial charge in [-0.05, 0) is 23.9 Å². The summed E-state index contributed by atoms with van der Waals surface area (Å²) < 4.78 is 4.89. The van der Waals surface area contributed by atoms with Crippen LogP contribution in [0.2, 0.25) is 0 Å². The van der Waals surface area contributed by atoms with Crippen molar-refractivity contribution in [3.05, 3.63) is 21.9 Å². The van der Waals surface area contributed by atoms with Crippen molar-refractivity contribution >= 4 is 11.3 Å². The first kappa shape index (κ1) is 9.71. The van der Waals surface area contributed by atoms with Gasteiger partial charge in [0.25, 0.3) is 0 Å². The Morgan fingerprint density at radius 2 is 2.42 bits per heavy atom. The van der Waals surface area contributed by atoms with Crippen molar-refractivity contribution in [1.29, 1.82) is 0 Å². The second-order valence-corrected chi connectivity index (χ2v) is 3.85. The third-order valence-electron chi connectivity index (χ3n) is 1.85. The van der Waals surface area contributed by atoms with Crippen LogP contribution in [0.15, 0.2) is 11.4 Å². The van der Waals surface area contributed by atoms with Gasteiger partial charge in [-0.1, -0.05) is 0 Å². The third-order valence-corrected chi connectivity index (χ3v) is 2.71. The summed E-state index contributed by atoms with van der Waals surface area (Å²) in [5, 5.41) is 11.6. The van der Waals surface area contributed by atoms with Gasteiger partial charge in [-0.25, -0.2) is 0 Å². The van der Waals surface area contributed by atoms with Crippen LogP contribution in [0.3, 0.4) is 0 Å². The van der Waals surface area contributed by atoms with Gasteiger partial charge >= 0.3 is 0 Å². The number of hydrogen-bond acceptors (Lipinski definition) is 3. The molecule has 1 atom stereocenters. The van der Waals surface area contributed by atoms with E-state index in [1.54, 1.807) is 18.4 Å². The van der Waals surface area contributed by atoms with Crippen LogP contribution in [0.4, 0.5) is 0 Å². The van der Waals surface area contributed by atoms with Crippen molar-refractivity contribution in [2.45, 2.75) is 19.4 Å². The summed E-state index contributed by atoms with van der Waals surface area (Å²) in [6.45, 7) is 2.63. The van der Waals surface area contributed by atoms with Crippen molar-refractivity contribution in [1.82, 2.24) is 0 Å². The minimum absolute atomic E-state index is 0.365. The molecule has 1 N–H and O–H groups in total. The second kappa shape index (κ2) is 4.60. The number of thiophene rings is 1. The first-order valence-corrected chi connectivity index (χ1v) is 4.84. The summed E-state index contributed by atoms with van der Waals surface area (Å²) in [4.78, 5) is 1.19. The molecule has 0 saturated carbocycles. The first-order chi connectivity index (χ1) is 5.75. The lowest BCUT2D eigenvalue weighted by Gasteiger charge is -2.08. The zero-order valence-electron chi connectivity index (χ0n) is 7.41. The fourth-order valence-corrected chi connectivity index (χ4v) is 1.88. The lowest BCUT2D eigenvalue weighted by molar-refractivity contribution is 0.110. The molecule has 0 spiro atoms. The van der Waals surface area contributed by atoms with E-state index >= 15 is 0 Å². The Hall–Kier alpha value is -0.380. The van der Waals surface area contributed by atoms with Crippen molar-refractivity contribution < 1.29 is 9.84 Å². The second-order valence-electron chi connectivity index (χ2n) is 2.73. The molecule has 1 unspecified atom stereocenters. The highest BCUT2D eigenvalue weighted by Gasteiger charge is 2.10. The van der Waals surface area contributed by atoms with E-state index in [4.69, 9.17) is 4.74 Å². The minimum atomic E-state index is -0.365. The first-order valence-electron chi connectivity index (χ1n) is 3.96. The number of ether oxygens (including phenoxy) is 1. The van der Waals surface area contributed by atoms with Gasteiger partial charge in [0.2, 0.25) is 0 Å². The molecule has 0 aliphatic rings. The zero-order valence-corrected chi connectivity index (χ0v) is 8.23. The minimum Gasteiger partial charge on any atom is -0.388 e. The molecule has 1 heterocycles. The molecule has 3 heteroatoms. The molecule has 2 nitrogen and oxygen atoms in total. The van der Waals surface area contributed by atoms with E-state index in [-0.39, 0.29) is 6.10 Å². The number of aryl methyl sites for hydroxylation is 1. The molecule has 68 valence electrons. The van der Waals surface area contributed by atoms with E-state index in [0.29, 0.717) is 13.0 Å². The number of hydrogen-bond donors (Lipinski definition) is 1. The van der Waals surface area contributed by atoms with Gasteiger partial charge in [0, 0.05) is 25.0 Å². The molecule has 0 aromatic carbocycles. The van der Waals surface area contributed by atoms with E-state index in [9.17, 15) is 5.11 Å². The van der Waals surface area contributed by atoms with Gasteiger partial charge in [0.1, 0.15) is 0 Å². The topological polar surface area (TPSA) is 29.5 Å². The summed E-state index contributed by atoms with van der Waals surface area (Å²) in [5.74, 6) is 0. The smallest absolute Gasteiger partial charge is 0.0822 e. The van der Waals surface area contributed by atoms with E-state index < -0.39 is 0 Å². The van der Waals surface area contributed by atoms with Gasteiger partial charge in [0.15, 0.2) is 0 Å². The van der Waals surface area contributed by atoms with Crippen molar-refractivity contribution in [2.75, 3.05) is 13.7 Å². The fraction of sp³-hybridized carbons (Fsp3) is 0.556. The summed E-state index contributed by atoms with van der Waals surface area (Å²) >= 11 is 1.67. The van der Waals surface area contributed by atoms with Gasteiger partial charge in [-0.2, -0.15) is 0 Å². The van der Waals surface area contributed by atoms with E-state index in [2.05, 4.69) is 0 Å². The molecule has 0 radical (unpaired) electrons. The number of rotatable bonds is 4. The molecule has 0 fully saturated rings. The van der Waals surface area contributed by atoms with Crippen LogP contribution < -0.4 is 0 Å². The van der Waals surface area contributed by atoms with Crippen LogP contribution in [0.5, 0.6) is 0 Å². The molecule has 1 aromatic heterocycles. The average molecular weight is 186 g/mol. The molecule has 0 amide bonds. The summed E-state index contributed by atoms with van der Waals surface area (Å²) in [7, 11) is 1.65. The Labute approximate surface area is 76.8 Å². The molecular weight excluding hydrogens is 172 g/mol. The van der Waals surface area contributed by atoms with Crippen LogP contribution in [-0.2, 0) is 4.74 Å². The SMILES string of the molecule is COCCC(O)c1ccsc1C. The summed E-state index contributed by atoms with van der Waals surface area (Å²) in [6, 6.07) is 1.97. The molecule has 1 rings (SSSR count). The van der Waals surface area contributed by atoms with Crippen LogP contribution in [0.1, 0.15) is 23.0 Å². The highest BCUT2D eigenvalue weighted by molar-refractivity contribution is 7.10. The Morgan fingerprint density at radius 3 is 2.92 bits per heavy atom. The monoisotopic (exact) mass is 186 g/mol. The van der Waals surface area contributed by atoms with E-state index in [1.807, 2.05) is 18.4 Å². The molecule has 0 saturated heterocycles. The third kappa shape index (κ3) is 2.30. The Morgan fingerprint density at radius 1 is 1.67 bits per heavy atom. The maximum Gasteiger partial charge on any atom is 0.0822 e. The summed E-state index contributed by atoms with van der Waals surface area (Å²) in [6.07, 6.45) is 0.310. The highest BCUT2D eigenvalue weighted by Crippen LogP contribution is 2.24. The molecule has 0 bridgehead atoms. The van der Waals surface area contributed by atoms with Gasteiger partial charge in [-0.3, -0.25) is 0 Å². The van der Waals surface area contributed by atoms with E-state index in [0.717, 1.165) is 5.56 Å². The van der Waals surface area contributed by atoms with Crippen molar-refractivity contribution in [3.8, 4) is 0 Å². The Balaban J connectivity index is 2.52. The van der Waals surface area contributed by atoms with Gasteiger partial charge in [0.05, 0.1) is 6.10 Å². The van der Waals surface area contributed by atoms with Crippen LogP contribution >= 0.6 is 11.3 Å². The summed E-state index contributed by atoms with van der Waals surface area (Å²) in [5.41, 5.74) is 1.04. The Bertz CT molecular complexity index is 232. The lowest BCUT2D eigenvalue weighted by atomic mass is 10.1. The maximum atomic E-state index is 9.65. The quantitative estimate of drug-likeness (QED) is 0.780. The van der Waals surface area contributed by atoms with Crippen LogP contribution in [0, 0.1) is 6.92 Å². The fourth-order valence-electron chi connectivity index (χ4n) is 1.13. The van der Waals surface area contributed by atoms with Gasteiger partial charge < -0.3 is 9.84 Å². The number of aliphatic hydroxyl groups excluding tert-OH is 1.